The van der Waals surface area contributed by atoms with Crippen molar-refractivity contribution in [2.45, 2.75) is 26.3 Å². The van der Waals surface area contributed by atoms with Crippen molar-refractivity contribution in [3.63, 3.8) is 0 Å². The number of carbonyl (C=O) groups is 3. The van der Waals surface area contributed by atoms with Crippen LogP contribution < -0.4 is 20.9 Å². The topological polar surface area (TPSA) is 90.5 Å². The zero-order valence-electron chi connectivity index (χ0n) is 19.1. The summed E-state index contributed by atoms with van der Waals surface area (Å²) in [5.74, 6) is -0.465. The summed E-state index contributed by atoms with van der Waals surface area (Å²) in [6, 6.07) is 22.3. The largest absolute Gasteiger partial charge is 0.374 e. The minimum absolute atomic E-state index is 0.00162. The molecule has 1 heterocycles. The van der Waals surface area contributed by atoms with Gasteiger partial charge in [0, 0.05) is 19.5 Å². The summed E-state index contributed by atoms with van der Waals surface area (Å²) in [5.41, 5.74) is 4.49. The van der Waals surface area contributed by atoms with Gasteiger partial charge in [-0.25, -0.2) is 0 Å². The van der Waals surface area contributed by atoms with Crippen molar-refractivity contribution < 1.29 is 14.4 Å². The number of para-hydroxylation sites is 3. The van der Waals surface area contributed by atoms with Crippen molar-refractivity contribution in [2.75, 3.05) is 28.6 Å². The predicted octanol–water partition coefficient (Wildman–Crippen LogP) is 4.10. The Morgan fingerprint density at radius 3 is 2.35 bits per heavy atom. The van der Waals surface area contributed by atoms with Gasteiger partial charge in [0.2, 0.25) is 11.8 Å². The molecular weight excluding hydrogens is 428 g/mol. The van der Waals surface area contributed by atoms with Crippen LogP contribution in [-0.2, 0) is 16.1 Å². The van der Waals surface area contributed by atoms with E-state index in [1.165, 1.54) is 0 Å². The fourth-order valence-electron chi connectivity index (χ4n) is 3.90. The smallest absolute Gasteiger partial charge is 0.253 e. The first-order chi connectivity index (χ1) is 16.5. The maximum atomic E-state index is 12.8. The zero-order chi connectivity index (χ0) is 23.9. The molecule has 3 aromatic carbocycles. The summed E-state index contributed by atoms with van der Waals surface area (Å²) >= 11 is 0. The van der Waals surface area contributed by atoms with Crippen LogP contribution in [0.15, 0.2) is 72.8 Å². The Labute approximate surface area is 199 Å². The van der Waals surface area contributed by atoms with Gasteiger partial charge >= 0.3 is 0 Å². The summed E-state index contributed by atoms with van der Waals surface area (Å²) in [5, 5.41) is 8.85. The van der Waals surface area contributed by atoms with Gasteiger partial charge in [0.1, 0.15) is 0 Å². The van der Waals surface area contributed by atoms with Crippen LogP contribution in [0.25, 0.3) is 0 Å². The van der Waals surface area contributed by atoms with Crippen LogP contribution in [0.3, 0.4) is 0 Å². The molecular formula is C27H28N4O3. The van der Waals surface area contributed by atoms with Crippen LogP contribution in [0, 0.1) is 6.92 Å². The van der Waals surface area contributed by atoms with Crippen molar-refractivity contribution in [1.29, 1.82) is 0 Å². The standard InChI is InChI=1S/C27H28N4O3/c1-19-12-14-20(15-13-19)17-29-27(34)21-7-2-3-8-22(21)30-25(32)18-28-23-9-4-5-10-24(23)31-16-6-11-26(31)33/h2-5,7-10,12-15,28H,6,11,16-18H2,1H3,(H,29,34)(H,30,32). The molecule has 174 valence electrons. The SMILES string of the molecule is Cc1ccc(CNC(=O)c2ccccc2NC(=O)CNc2ccccc2N2CCCC2=O)cc1. The number of hydrogen-bond acceptors (Lipinski definition) is 4. The number of nitrogens with zero attached hydrogens (tertiary/aromatic N) is 1. The van der Waals surface area contributed by atoms with Crippen molar-refractivity contribution in [1.82, 2.24) is 5.32 Å². The molecule has 7 heteroatoms. The highest BCUT2D eigenvalue weighted by Crippen LogP contribution is 2.29. The van der Waals surface area contributed by atoms with E-state index in [-0.39, 0.29) is 24.3 Å². The molecule has 0 saturated carbocycles. The average Bonchev–Trinajstić information content (AvgIpc) is 3.28. The molecule has 7 nitrogen and oxygen atoms in total. The summed E-state index contributed by atoms with van der Waals surface area (Å²) < 4.78 is 0. The van der Waals surface area contributed by atoms with Gasteiger partial charge in [0.15, 0.2) is 0 Å². The van der Waals surface area contributed by atoms with E-state index in [4.69, 9.17) is 0 Å². The van der Waals surface area contributed by atoms with E-state index in [0.29, 0.717) is 30.8 Å². The Bertz CT molecular complexity index is 1190. The van der Waals surface area contributed by atoms with Crippen molar-refractivity contribution >= 4 is 34.8 Å². The molecule has 0 unspecified atom stereocenters. The van der Waals surface area contributed by atoms with Gasteiger partial charge in [-0.05, 0) is 43.2 Å². The molecule has 0 bridgehead atoms. The molecule has 1 aliphatic heterocycles. The lowest BCUT2D eigenvalue weighted by molar-refractivity contribution is -0.117. The van der Waals surface area contributed by atoms with Crippen LogP contribution in [0.2, 0.25) is 0 Å². The molecule has 3 N–H and O–H groups in total. The number of rotatable bonds is 8. The first-order valence-corrected chi connectivity index (χ1v) is 11.4. The van der Waals surface area contributed by atoms with E-state index in [2.05, 4.69) is 16.0 Å². The fourth-order valence-corrected chi connectivity index (χ4v) is 3.90. The highest BCUT2D eigenvalue weighted by Gasteiger charge is 2.23. The first kappa shape index (κ1) is 23.0. The van der Waals surface area contributed by atoms with Crippen molar-refractivity contribution in [3.8, 4) is 0 Å². The molecule has 0 atom stereocenters. The Morgan fingerprint density at radius 2 is 1.62 bits per heavy atom. The number of nitrogens with one attached hydrogen (secondary N) is 3. The molecule has 4 rings (SSSR count). The van der Waals surface area contributed by atoms with Gasteiger partial charge < -0.3 is 20.9 Å². The maximum Gasteiger partial charge on any atom is 0.253 e. The molecule has 3 aromatic rings. The lowest BCUT2D eigenvalue weighted by Gasteiger charge is -2.20. The number of carbonyl (C=O) groups excluding carboxylic acids is 3. The summed E-state index contributed by atoms with van der Waals surface area (Å²) in [6.45, 7) is 3.09. The molecule has 0 radical (unpaired) electrons. The maximum absolute atomic E-state index is 12.8. The lowest BCUT2D eigenvalue weighted by atomic mass is 10.1. The van der Waals surface area contributed by atoms with Gasteiger partial charge in [-0.15, -0.1) is 0 Å². The van der Waals surface area contributed by atoms with Crippen molar-refractivity contribution in [3.05, 3.63) is 89.5 Å². The molecule has 3 amide bonds. The van der Waals surface area contributed by atoms with Gasteiger partial charge in [-0.2, -0.15) is 0 Å². The number of aryl methyl sites for hydroxylation is 1. The van der Waals surface area contributed by atoms with Crippen LogP contribution in [-0.4, -0.2) is 30.8 Å². The van der Waals surface area contributed by atoms with Crippen LogP contribution in [0.1, 0.15) is 34.3 Å². The third-order valence-electron chi connectivity index (χ3n) is 5.73. The molecule has 0 aromatic heterocycles. The summed E-state index contributed by atoms with van der Waals surface area (Å²) in [4.78, 5) is 39.3. The minimum Gasteiger partial charge on any atom is -0.374 e. The summed E-state index contributed by atoms with van der Waals surface area (Å²) in [6.07, 6.45) is 1.37. The van der Waals surface area contributed by atoms with Crippen LogP contribution in [0.5, 0.6) is 0 Å². The molecule has 0 aliphatic carbocycles. The Morgan fingerprint density at radius 1 is 0.912 bits per heavy atom. The number of hydrogen-bond donors (Lipinski definition) is 3. The van der Waals surface area contributed by atoms with Gasteiger partial charge in [0.05, 0.1) is 29.2 Å². The van der Waals surface area contributed by atoms with Gasteiger partial charge in [0.25, 0.3) is 5.91 Å². The van der Waals surface area contributed by atoms with Gasteiger partial charge in [-0.1, -0.05) is 54.1 Å². The third-order valence-corrected chi connectivity index (χ3v) is 5.73. The van der Waals surface area contributed by atoms with E-state index in [0.717, 1.165) is 28.9 Å². The highest BCUT2D eigenvalue weighted by molar-refractivity contribution is 6.05. The minimum atomic E-state index is -0.290. The first-order valence-electron chi connectivity index (χ1n) is 11.4. The highest BCUT2D eigenvalue weighted by atomic mass is 16.2. The molecule has 1 aliphatic rings. The zero-order valence-corrected chi connectivity index (χ0v) is 19.1. The second kappa shape index (κ2) is 10.7. The number of amides is 3. The van der Waals surface area contributed by atoms with E-state index in [1.54, 1.807) is 29.2 Å². The van der Waals surface area contributed by atoms with E-state index in [1.807, 2.05) is 55.5 Å². The van der Waals surface area contributed by atoms with Crippen molar-refractivity contribution in [2.24, 2.45) is 0 Å². The number of anilines is 3. The summed E-state index contributed by atoms with van der Waals surface area (Å²) in [7, 11) is 0. The Hall–Kier alpha value is -4.13. The number of benzene rings is 3. The van der Waals surface area contributed by atoms with Gasteiger partial charge in [-0.3, -0.25) is 14.4 Å². The van der Waals surface area contributed by atoms with Crippen LogP contribution >= 0.6 is 0 Å². The Balaban J connectivity index is 1.37. The molecule has 34 heavy (non-hydrogen) atoms. The van der Waals surface area contributed by atoms with Crippen LogP contribution in [0.4, 0.5) is 17.1 Å². The quantitative estimate of drug-likeness (QED) is 0.476. The molecule has 1 saturated heterocycles. The molecule has 0 spiro atoms. The van der Waals surface area contributed by atoms with E-state index >= 15 is 0 Å². The molecule has 1 fully saturated rings. The second-order valence-electron chi connectivity index (χ2n) is 8.28. The van der Waals surface area contributed by atoms with E-state index in [9.17, 15) is 14.4 Å². The lowest BCUT2D eigenvalue weighted by Crippen LogP contribution is -2.28. The Kier molecular flexibility index (Phi) is 7.22. The fraction of sp³-hybridized carbons (Fsp3) is 0.222. The second-order valence-corrected chi connectivity index (χ2v) is 8.28. The average molecular weight is 457 g/mol. The van der Waals surface area contributed by atoms with E-state index < -0.39 is 0 Å². The predicted molar refractivity (Wildman–Crippen MR) is 134 cm³/mol. The third kappa shape index (κ3) is 5.61. The monoisotopic (exact) mass is 456 g/mol. The normalized spacial score (nSPS) is 13.0.